The lowest BCUT2D eigenvalue weighted by Gasteiger charge is -2.36. The summed E-state index contributed by atoms with van der Waals surface area (Å²) in [5.41, 5.74) is -0.103. The second-order valence-electron chi connectivity index (χ2n) is 9.47. The first-order valence-electron chi connectivity index (χ1n) is 10.7. The predicted molar refractivity (Wildman–Crippen MR) is 122 cm³/mol. The van der Waals surface area contributed by atoms with Gasteiger partial charge in [-0.25, -0.2) is 0 Å². The molecule has 2 saturated heterocycles. The Balaban J connectivity index is 1.88. The molecule has 0 aromatic carbocycles. The molecule has 0 saturated carbocycles. The van der Waals surface area contributed by atoms with Crippen LogP contribution < -0.4 is 20.4 Å². The number of hydrogen-bond acceptors (Lipinski definition) is 5. The maximum absolute atomic E-state index is 5.50. The van der Waals surface area contributed by atoms with Gasteiger partial charge in [-0.3, -0.25) is 0 Å². The fraction of sp³-hybridized carbons (Fsp3) is 0.762. The van der Waals surface area contributed by atoms with E-state index >= 15 is 0 Å². The van der Waals surface area contributed by atoms with Crippen molar-refractivity contribution in [3.05, 3.63) is 6.07 Å². The summed E-state index contributed by atoms with van der Waals surface area (Å²) in [7, 11) is 0. The molecule has 7 heteroatoms. The van der Waals surface area contributed by atoms with Crippen molar-refractivity contribution in [3.8, 4) is 0 Å². The van der Waals surface area contributed by atoms with Crippen LogP contribution in [0.2, 0.25) is 0 Å². The standard InChI is InChI=1S/C21H36N6S/c1-15-9-8-11-26(14-15)17-13-18(27-12-7-6-10-16(27)2)23-19(22-17)24-20(28)25-21(3,4)5/h13,15-16H,6-12,14H2,1-5H3,(H2,22,23,24,25,28)/t15-,16+/m1/s1. The minimum Gasteiger partial charge on any atom is -0.358 e. The Morgan fingerprint density at radius 3 is 2.50 bits per heavy atom. The molecule has 1 aromatic rings. The third kappa shape index (κ3) is 5.69. The topological polar surface area (TPSA) is 56.3 Å². The zero-order chi connectivity index (χ0) is 20.3. The van der Waals surface area contributed by atoms with E-state index in [0.29, 0.717) is 23.0 Å². The number of rotatable bonds is 3. The second kappa shape index (κ2) is 8.80. The lowest BCUT2D eigenvalue weighted by molar-refractivity contribution is 0.444. The van der Waals surface area contributed by atoms with Gasteiger partial charge in [0, 0.05) is 37.3 Å². The van der Waals surface area contributed by atoms with Gasteiger partial charge in [0.2, 0.25) is 5.95 Å². The van der Waals surface area contributed by atoms with Crippen LogP contribution in [0.25, 0.3) is 0 Å². The smallest absolute Gasteiger partial charge is 0.232 e. The number of nitrogens with one attached hydrogen (secondary N) is 2. The Morgan fingerprint density at radius 1 is 1.07 bits per heavy atom. The number of hydrogen-bond donors (Lipinski definition) is 2. The number of nitrogens with zero attached hydrogens (tertiary/aromatic N) is 4. The maximum atomic E-state index is 5.50. The lowest BCUT2D eigenvalue weighted by atomic mass is 10.0. The van der Waals surface area contributed by atoms with E-state index in [2.05, 4.69) is 61.1 Å². The first-order chi connectivity index (χ1) is 13.2. The van der Waals surface area contributed by atoms with Gasteiger partial charge in [-0.2, -0.15) is 9.97 Å². The molecule has 28 heavy (non-hydrogen) atoms. The van der Waals surface area contributed by atoms with Crippen molar-refractivity contribution in [3.63, 3.8) is 0 Å². The Kier molecular flexibility index (Phi) is 6.63. The number of aromatic nitrogens is 2. The van der Waals surface area contributed by atoms with Crippen LogP contribution in [-0.2, 0) is 0 Å². The van der Waals surface area contributed by atoms with Gasteiger partial charge in [0.1, 0.15) is 11.6 Å². The SMILES string of the molecule is C[C@@H]1CCCN(c2cc(N3CCCC[C@@H]3C)nc(NC(=S)NC(C)(C)C)n2)C1. The van der Waals surface area contributed by atoms with Crippen LogP contribution in [0.3, 0.4) is 0 Å². The van der Waals surface area contributed by atoms with Crippen LogP contribution in [0.4, 0.5) is 17.6 Å². The van der Waals surface area contributed by atoms with Gasteiger partial charge >= 0.3 is 0 Å². The first-order valence-corrected chi connectivity index (χ1v) is 11.1. The van der Waals surface area contributed by atoms with Crippen LogP contribution in [-0.4, -0.2) is 46.3 Å². The largest absolute Gasteiger partial charge is 0.358 e. The lowest BCUT2D eigenvalue weighted by Crippen LogP contribution is -2.43. The summed E-state index contributed by atoms with van der Waals surface area (Å²) in [5.74, 6) is 3.30. The summed E-state index contributed by atoms with van der Waals surface area (Å²) in [6.45, 7) is 14.1. The van der Waals surface area contributed by atoms with Crippen LogP contribution in [0.5, 0.6) is 0 Å². The molecule has 0 radical (unpaired) electrons. The number of thiocarbonyl (C=S) groups is 1. The van der Waals surface area contributed by atoms with E-state index in [0.717, 1.165) is 31.3 Å². The molecule has 0 amide bonds. The third-order valence-corrected chi connectivity index (χ3v) is 5.70. The van der Waals surface area contributed by atoms with Gasteiger partial charge in [0.05, 0.1) is 0 Å². The molecule has 156 valence electrons. The highest BCUT2D eigenvalue weighted by Gasteiger charge is 2.24. The quantitative estimate of drug-likeness (QED) is 0.733. The zero-order valence-electron chi connectivity index (χ0n) is 18.1. The molecule has 0 bridgehead atoms. The molecule has 3 heterocycles. The molecule has 0 spiro atoms. The van der Waals surface area contributed by atoms with Gasteiger partial charge in [-0.1, -0.05) is 6.92 Å². The molecule has 2 atom stereocenters. The van der Waals surface area contributed by atoms with Gasteiger partial charge in [0.25, 0.3) is 0 Å². The predicted octanol–water partition coefficient (Wildman–Crippen LogP) is 4.18. The van der Waals surface area contributed by atoms with Crippen molar-refractivity contribution in [1.82, 2.24) is 15.3 Å². The molecule has 6 nitrogen and oxygen atoms in total. The monoisotopic (exact) mass is 404 g/mol. The summed E-state index contributed by atoms with van der Waals surface area (Å²) >= 11 is 5.50. The molecular weight excluding hydrogens is 368 g/mol. The average Bonchev–Trinajstić information content (AvgIpc) is 2.60. The van der Waals surface area contributed by atoms with E-state index in [1.54, 1.807) is 0 Å². The van der Waals surface area contributed by atoms with Gasteiger partial charge in [-0.05, 0) is 77.9 Å². The molecule has 0 unspecified atom stereocenters. The van der Waals surface area contributed by atoms with Crippen LogP contribution in [0.1, 0.15) is 66.7 Å². The Labute approximate surface area is 175 Å². The van der Waals surface area contributed by atoms with Crippen molar-refractivity contribution in [1.29, 1.82) is 0 Å². The number of piperidine rings is 2. The van der Waals surface area contributed by atoms with Crippen molar-refractivity contribution >= 4 is 34.9 Å². The highest BCUT2D eigenvalue weighted by Crippen LogP contribution is 2.29. The zero-order valence-corrected chi connectivity index (χ0v) is 18.9. The van der Waals surface area contributed by atoms with Crippen LogP contribution in [0, 0.1) is 5.92 Å². The van der Waals surface area contributed by atoms with E-state index in [9.17, 15) is 0 Å². The summed E-state index contributed by atoms with van der Waals surface area (Å²) in [6, 6.07) is 2.68. The molecule has 2 N–H and O–H groups in total. The highest BCUT2D eigenvalue weighted by molar-refractivity contribution is 7.80. The first kappa shape index (κ1) is 21.1. The number of anilines is 3. The average molecular weight is 405 g/mol. The molecule has 3 rings (SSSR count). The van der Waals surface area contributed by atoms with Crippen molar-refractivity contribution in [2.45, 2.75) is 78.3 Å². The van der Waals surface area contributed by atoms with E-state index in [1.807, 2.05) is 0 Å². The molecule has 2 fully saturated rings. The fourth-order valence-electron chi connectivity index (χ4n) is 4.10. The van der Waals surface area contributed by atoms with E-state index in [1.165, 1.54) is 32.1 Å². The Hall–Kier alpha value is -1.63. The summed E-state index contributed by atoms with van der Waals surface area (Å²) in [5, 5.41) is 7.09. The molecule has 0 aliphatic carbocycles. The van der Waals surface area contributed by atoms with Gasteiger partial charge in [0.15, 0.2) is 5.11 Å². The van der Waals surface area contributed by atoms with Crippen molar-refractivity contribution < 1.29 is 0 Å². The highest BCUT2D eigenvalue weighted by atomic mass is 32.1. The third-order valence-electron chi connectivity index (χ3n) is 5.49. The van der Waals surface area contributed by atoms with E-state index in [4.69, 9.17) is 22.2 Å². The maximum Gasteiger partial charge on any atom is 0.232 e. The van der Waals surface area contributed by atoms with E-state index in [-0.39, 0.29) is 5.54 Å². The second-order valence-corrected chi connectivity index (χ2v) is 9.88. The summed E-state index contributed by atoms with van der Waals surface area (Å²) in [4.78, 5) is 14.5. The fourth-order valence-corrected chi connectivity index (χ4v) is 4.49. The summed E-state index contributed by atoms with van der Waals surface area (Å²) < 4.78 is 0. The van der Waals surface area contributed by atoms with Crippen molar-refractivity contribution in [2.24, 2.45) is 5.92 Å². The van der Waals surface area contributed by atoms with E-state index < -0.39 is 0 Å². The minimum atomic E-state index is -0.103. The molecule has 1 aromatic heterocycles. The van der Waals surface area contributed by atoms with Crippen molar-refractivity contribution in [2.75, 3.05) is 34.8 Å². The molecule has 2 aliphatic heterocycles. The minimum absolute atomic E-state index is 0.103. The van der Waals surface area contributed by atoms with Gasteiger partial charge in [-0.15, -0.1) is 0 Å². The molecule has 2 aliphatic rings. The normalized spacial score (nSPS) is 23.5. The Morgan fingerprint density at radius 2 is 1.82 bits per heavy atom. The van der Waals surface area contributed by atoms with Gasteiger partial charge < -0.3 is 20.4 Å². The molecular formula is C21H36N6S. The van der Waals surface area contributed by atoms with Crippen LogP contribution >= 0.6 is 12.2 Å². The Bertz CT molecular complexity index is 686. The summed E-state index contributed by atoms with van der Waals surface area (Å²) in [6.07, 6.45) is 6.24. The van der Waals surface area contributed by atoms with Crippen LogP contribution in [0.15, 0.2) is 6.07 Å².